The summed E-state index contributed by atoms with van der Waals surface area (Å²) in [6.07, 6.45) is 0.812. The van der Waals surface area contributed by atoms with Crippen LogP contribution in [0.2, 0.25) is 5.02 Å². The molecule has 0 aliphatic carbocycles. The minimum atomic E-state index is -0.554. The molecule has 0 saturated carbocycles. The highest BCUT2D eigenvalue weighted by Crippen LogP contribution is 2.22. The van der Waals surface area contributed by atoms with Gasteiger partial charge in [-0.15, -0.1) is 0 Å². The number of halogens is 1. The predicted molar refractivity (Wildman–Crippen MR) is 78.9 cm³/mol. The minimum Gasteiger partial charge on any atom is -0.465 e. The Morgan fingerprint density at radius 1 is 1.40 bits per heavy atom. The van der Waals surface area contributed by atoms with E-state index in [0.717, 1.165) is 0 Å². The molecule has 0 spiro atoms. The first-order valence-corrected chi connectivity index (χ1v) is 6.57. The summed E-state index contributed by atoms with van der Waals surface area (Å²) >= 11 is 5.84. The molecule has 0 radical (unpaired) electrons. The molecule has 20 heavy (non-hydrogen) atoms. The van der Waals surface area contributed by atoms with Crippen molar-refractivity contribution in [1.82, 2.24) is 0 Å². The van der Waals surface area contributed by atoms with Gasteiger partial charge in [0.15, 0.2) is 0 Å². The molecule has 0 aliphatic rings. The van der Waals surface area contributed by atoms with E-state index in [2.05, 4.69) is 10.1 Å². The van der Waals surface area contributed by atoms with E-state index in [1.165, 1.54) is 13.2 Å². The summed E-state index contributed by atoms with van der Waals surface area (Å²) in [5.41, 5.74) is 6.01. The topological polar surface area (TPSA) is 81.4 Å². The average molecular weight is 299 g/mol. The maximum Gasteiger partial charge on any atom is 0.340 e. The van der Waals surface area contributed by atoms with Crippen LogP contribution in [0.1, 0.15) is 37.0 Å². The number of benzene rings is 1. The third-order valence-electron chi connectivity index (χ3n) is 2.66. The van der Waals surface area contributed by atoms with Gasteiger partial charge < -0.3 is 15.8 Å². The zero-order valence-corrected chi connectivity index (χ0v) is 12.6. The van der Waals surface area contributed by atoms with Gasteiger partial charge in [-0.25, -0.2) is 4.79 Å². The molecule has 0 atom stereocenters. The van der Waals surface area contributed by atoms with E-state index in [1.807, 2.05) is 13.8 Å². The van der Waals surface area contributed by atoms with Gasteiger partial charge in [-0.3, -0.25) is 4.79 Å². The molecule has 5 nitrogen and oxygen atoms in total. The highest BCUT2D eigenvalue weighted by Gasteiger charge is 2.17. The first kappa shape index (κ1) is 16.5. The molecule has 1 rings (SSSR count). The van der Waals surface area contributed by atoms with E-state index in [-0.39, 0.29) is 17.9 Å². The zero-order chi connectivity index (χ0) is 15.3. The number of hydrogen-bond acceptors (Lipinski definition) is 4. The third-order valence-corrected chi connectivity index (χ3v) is 2.89. The first-order valence-electron chi connectivity index (χ1n) is 6.19. The van der Waals surface area contributed by atoms with Crippen LogP contribution < -0.4 is 11.1 Å². The van der Waals surface area contributed by atoms with Crippen molar-refractivity contribution in [3.63, 3.8) is 0 Å². The molecule has 0 heterocycles. The molecule has 0 aliphatic heterocycles. The summed E-state index contributed by atoms with van der Waals surface area (Å²) in [7, 11) is 1.27. The number of methoxy groups -OCH3 is 1. The molecule has 3 N–H and O–H groups in total. The Morgan fingerprint density at radius 3 is 2.60 bits per heavy atom. The highest BCUT2D eigenvalue weighted by atomic mass is 35.5. The maximum absolute atomic E-state index is 11.9. The van der Waals surface area contributed by atoms with Crippen molar-refractivity contribution in [2.45, 2.75) is 32.2 Å². The lowest BCUT2D eigenvalue weighted by Crippen LogP contribution is -2.33. The molecular formula is C14H19ClN2O3. The van der Waals surface area contributed by atoms with Gasteiger partial charge in [0.05, 0.1) is 18.4 Å². The Labute approximate surface area is 123 Å². The Balaban J connectivity index is 2.82. The lowest BCUT2D eigenvalue weighted by atomic mass is 10.00. The van der Waals surface area contributed by atoms with Crippen LogP contribution in [0, 0.1) is 0 Å². The van der Waals surface area contributed by atoms with Gasteiger partial charge in [-0.05, 0) is 38.5 Å². The summed E-state index contributed by atoms with van der Waals surface area (Å²) in [4.78, 5) is 23.5. The third kappa shape index (κ3) is 5.19. The Morgan fingerprint density at radius 2 is 2.05 bits per heavy atom. The Hall–Kier alpha value is -1.59. The zero-order valence-electron chi connectivity index (χ0n) is 11.8. The molecule has 0 saturated heterocycles. The standard InChI is InChI=1S/C14H19ClN2O3/c1-14(2,16)7-6-12(18)17-11-5-4-9(15)8-10(11)13(19)20-3/h4-5,8H,6-7,16H2,1-3H3,(H,17,18). The van der Waals surface area contributed by atoms with Crippen LogP contribution in [0.25, 0.3) is 0 Å². The van der Waals surface area contributed by atoms with Crippen molar-refractivity contribution in [3.8, 4) is 0 Å². The molecule has 110 valence electrons. The molecule has 1 aromatic rings. The quantitative estimate of drug-likeness (QED) is 0.819. The molecule has 1 aromatic carbocycles. The summed E-state index contributed by atoms with van der Waals surface area (Å²) in [5.74, 6) is -0.766. The van der Waals surface area contributed by atoms with Crippen LogP contribution in [0.4, 0.5) is 5.69 Å². The van der Waals surface area contributed by atoms with Crippen molar-refractivity contribution >= 4 is 29.2 Å². The second-order valence-corrected chi connectivity index (χ2v) is 5.65. The smallest absolute Gasteiger partial charge is 0.340 e. The number of esters is 1. The van der Waals surface area contributed by atoms with E-state index in [0.29, 0.717) is 17.1 Å². The Kier molecular flexibility index (Phi) is 5.53. The van der Waals surface area contributed by atoms with Gasteiger partial charge in [0.1, 0.15) is 0 Å². The fourth-order valence-electron chi connectivity index (χ4n) is 1.55. The summed E-state index contributed by atoms with van der Waals surface area (Å²) < 4.78 is 4.66. The number of anilines is 1. The summed E-state index contributed by atoms with van der Waals surface area (Å²) in [5, 5.41) is 3.07. The molecular weight excluding hydrogens is 280 g/mol. The van der Waals surface area contributed by atoms with E-state index < -0.39 is 11.5 Å². The number of ether oxygens (including phenoxy) is 1. The Bertz CT molecular complexity index is 510. The van der Waals surface area contributed by atoms with Crippen LogP contribution in [0.3, 0.4) is 0 Å². The summed E-state index contributed by atoms with van der Waals surface area (Å²) in [6, 6.07) is 4.62. The second kappa shape index (κ2) is 6.72. The van der Waals surface area contributed by atoms with Gasteiger partial charge in [0.2, 0.25) is 5.91 Å². The van der Waals surface area contributed by atoms with E-state index >= 15 is 0 Å². The van der Waals surface area contributed by atoms with Gasteiger partial charge in [-0.1, -0.05) is 11.6 Å². The van der Waals surface area contributed by atoms with E-state index in [9.17, 15) is 9.59 Å². The molecule has 0 fully saturated rings. The number of rotatable bonds is 5. The van der Waals surface area contributed by atoms with Gasteiger partial charge in [0.25, 0.3) is 0 Å². The molecule has 0 aromatic heterocycles. The largest absolute Gasteiger partial charge is 0.465 e. The van der Waals surface area contributed by atoms with Gasteiger partial charge >= 0.3 is 5.97 Å². The molecule has 1 amide bonds. The number of hydrogen-bond donors (Lipinski definition) is 2. The van der Waals surface area contributed by atoms with Gasteiger partial charge in [0, 0.05) is 17.0 Å². The molecule has 6 heteroatoms. The average Bonchev–Trinajstić information content (AvgIpc) is 2.37. The first-order chi connectivity index (χ1) is 9.23. The van der Waals surface area contributed by atoms with Crippen LogP contribution in [0.15, 0.2) is 18.2 Å². The number of amides is 1. The van der Waals surface area contributed by atoms with E-state index in [1.54, 1.807) is 12.1 Å². The lowest BCUT2D eigenvalue weighted by molar-refractivity contribution is -0.116. The maximum atomic E-state index is 11.9. The number of carbonyl (C=O) groups is 2. The molecule has 0 bridgehead atoms. The fraction of sp³-hybridized carbons (Fsp3) is 0.429. The number of nitrogens with one attached hydrogen (secondary N) is 1. The van der Waals surface area contributed by atoms with Crippen LogP contribution in [0.5, 0.6) is 0 Å². The van der Waals surface area contributed by atoms with Crippen molar-refractivity contribution < 1.29 is 14.3 Å². The highest BCUT2D eigenvalue weighted by molar-refractivity contribution is 6.31. The molecule has 0 unspecified atom stereocenters. The van der Waals surface area contributed by atoms with Gasteiger partial charge in [-0.2, -0.15) is 0 Å². The predicted octanol–water partition coefficient (Wildman–Crippen LogP) is 2.58. The van der Waals surface area contributed by atoms with Crippen molar-refractivity contribution in [2.24, 2.45) is 5.73 Å². The van der Waals surface area contributed by atoms with Crippen molar-refractivity contribution in [3.05, 3.63) is 28.8 Å². The summed E-state index contributed by atoms with van der Waals surface area (Å²) in [6.45, 7) is 3.70. The van der Waals surface area contributed by atoms with Crippen LogP contribution >= 0.6 is 11.6 Å². The second-order valence-electron chi connectivity index (χ2n) is 5.22. The number of nitrogens with two attached hydrogens (primary N) is 1. The fourth-order valence-corrected chi connectivity index (χ4v) is 1.72. The van der Waals surface area contributed by atoms with Crippen molar-refractivity contribution in [1.29, 1.82) is 0 Å². The normalized spacial score (nSPS) is 11.1. The minimum absolute atomic E-state index is 0.212. The van der Waals surface area contributed by atoms with Crippen LogP contribution in [-0.4, -0.2) is 24.5 Å². The SMILES string of the molecule is COC(=O)c1cc(Cl)ccc1NC(=O)CCC(C)(C)N. The monoisotopic (exact) mass is 298 g/mol. The lowest BCUT2D eigenvalue weighted by Gasteiger charge is -2.18. The van der Waals surface area contributed by atoms with Crippen molar-refractivity contribution in [2.75, 3.05) is 12.4 Å². The number of carbonyl (C=O) groups excluding carboxylic acids is 2. The van der Waals surface area contributed by atoms with E-state index in [4.69, 9.17) is 17.3 Å². The van der Waals surface area contributed by atoms with Crippen LogP contribution in [-0.2, 0) is 9.53 Å².